The number of anilines is 1. The molecule has 0 N–H and O–H groups in total. The molecule has 2 rings (SSSR count). The van der Waals surface area contributed by atoms with Gasteiger partial charge in [-0.2, -0.15) is 13.2 Å². The number of carbonyl (C=O) groups is 4. The predicted molar refractivity (Wildman–Crippen MR) is 88.0 cm³/mol. The SMILES string of the molecule is COc1ccc(N(CN2C(=O)CCC2C(=O)OC(=O)C(F)(F)F)C(C)=O)cc1. The van der Waals surface area contributed by atoms with Crippen LogP contribution in [0.2, 0.25) is 0 Å². The predicted octanol–water partition coefficient (Wildman–Crippen LogP) is 1.63. The Morgan fingerprint density at radius 3 is 2.32 bits per heavy atom. The van der Waals surface area contributed by atoms with Gasteiger partial charge >= 0.3 is 18.1 Å². The minimum atomic E-state index is -5.34. The molecule has 1 saturated heterocycles. The molecule has 8 nitrogen and oxygen atoms in total. The van der Waals surface area contributed by atoms with E-state index in [0.29, 0.717) is 11.4 Å². The van der Waals surface area contributed by atoms with Crippen molar-refractivity contribution in [1.29, 1.82) is 0 Å². The molecular weight excluding hydrogens is 385 g/mol. The number of ether oxygens (including phenoxy) is 2. The molecule has 1 aliphatic rings. The highest BCUT2D eigenvalue weighted by molar-refractivity contribution is 5.96. The summed E-state index contributed by atoms with van der Waals surface area (Å²) >= 11 is 0. The monoisotopic (exact) mass is 402 g/mol. The first kappa shape index (κ1) is 21.2. The molecule has 0 aromatic heterocycles. The van der Waals surface area contributed by atoms with Crippen molar-refractivity contribution in [1.82, 2.24) is 4.90 Å². The van der Waals surface area contributed by atoms with Gasteiger partial charge in [-0.05, 0) is 30.7 Å². The van der Waals surface area contributed by atoms with E-state index in [1.807, 2.05) is 0 Å². The van der Waals surface area contributed by atoms with Crippen molar-refractivity contribution < 1.29 is 41.8 Å². The Morgan fingerprint density at radius 2 is 1.82 bits per heavy atom. The second kappa shape index (κ2) is 8.28. The molecule has 28 heavy (non-hydrogen) atoms. The van der Waals surface area contributed by atoms with Crippen LogP contribution in [0.4, 0.5) is 18.9 Å². The fourth-order valence-corrected chi connectivity index (χ4v) is 2.65. The molecule has 1 aromatic carbocycles. The third kappa shape index (κ3) is 4.78. The van der Waals surface area contributed by atoms with Crippen LogP contribution in [0.25, 0.3) is 0 Å². The van der Waals surface area contributed by atoms with Gasteiger partial charge in [0.25, 0.3) is 0 Å². The van der Waals surface area contributed by atoms with Crippen molar-refractivity contribution >= 4 is 29.4 Å². The summed E-state index contributed by atoms with van der Waals surface area (Å²) in [5, 5.41) is 0. The van der Waals surface area contributed by atoms with E-state index in [-0.39, 0.29) is 19.5 Å². The van der Waals surface area contributed by atoms with Gasteiger partial charge in [-0.15, -0.1) is 0 Å². The summed E-state index contributed by atoms with van der Waals surface area (Å²) in [7, 11) is 1.46. The lowest BCUT2D eigenvalue weighted by atomic mass is 10.2. The van der Waals surface area contributed by atoms with E-state index in [9.17, 15) is 32.3 Å². The minimum absolute atomic E-state index is 0.128. The summed E-state index contributed by atoms with van der Waals surface area (Å²) in [6.45, 7) is 0.839. The van der Waals surface area contributed by atoms with Crippen LogP contribution < -0.4 is 9.64 Å². The number of alkyl halides is 3. The zero-order valence-electron chi connectivity index (χ0n) is 15.0. The van der Waals surface area contributed by atoms with E-state index in [1.54, 1.807) is 24.3 Å². The Morgan fingerprint density at radius 1 is 1.21 bits per heavy atom. The highest BCUT2D eigenvalue weighted by atomic mass is 19.4. The van der Waals surface area contributed by atoms with Crippen LogP contribution >= 0.6 is 0 Å². The Balaban J connectivity index is 2.19. The number of rotatable bonds is 5. The van der Waals surface area contributed by atoms with Crippen LogP contribution in [-0.2, 0) is 23.9 Å². The van der Waals surface area contributed by atoms with Crippen LogP contribution in [0.3, 0.4) is 0 Å². The normalized spacial score (nSPS) is 16.7. The molecule has 0 spiro atoms. The first-order valence-electron chi connectivity index (χ1n) is 8.09. The lowest BCUT2D eigenvalue weighted by Crippen LogP contribution is -2.48. The lowest BCUT2D eigenvalue weighted by Gasteiger charge is -2.30. The van der Waals surface area contributed by atoms with E-state index in [2.05, 4.69) is 4.74 Å². The maximum atomic E-state index is 12.3. The van der Waals surface area contributed by atoms with Crippen LogP contribution in [-0.4, -0.2) is 54.6 Å². The van der Waals surface area contributed by atoms with Crippen LogP contribution in [0, 0.1) is 0 Å². The van der Waals surface area contributed by atoms with Crippen molar-refractivity contribution in [3.05, 3.63) is 24.3 Å². The molecule has 1 unspecified atom stereocenters. The average Bonchev–Trinajstić information content (AvgIpc) is 2.99. The van der Waals surface area contributed by atoms with Crippen molar-refractivity contribution in [3.8, 4) is 5.75 Å². The quantitative estimate of drug-likeness (QED) is 0.549. The fraction of sp³-hybridized carbons (Fsp3) is 0.412. The number of likely N-dealkylation sites (tertiary alicyclic amines) is 1. The molecular formula is C17H17F3N2O6. The standard InChI is InChI=1S/C17H17F3N2O6/c1-10(23)21(11-3-5-12(27-2)6-4-11)9-22-13(7-8-14(22)24)15(25)28-16(26)17(18,19)20/h3-6,13H,7-9H2,1-2H3. The summed E-state index contributed by atoms with van der Waals surface area (Å²) in [6.07, 6.45) is -5.59. The summed E-state index contributed by atoms with van der Waals surface area (Å²) in [4.78, 5) is 49.1. The molecule has 152 valence electrons. The molecule has 1 atom stereocenters. The third-order valence-electron chi connectivity index (χ3n) is 4.08. The number of benzene rings is 1. The largest absolute Gasteiger partial charge is 0.497 e. The fourth-order valence-electron chi connectivity index (χ4n) is 2.65. The lowest BCUT2D eigenvalue weighted by molar-refractivity contribution is -0.203. The highest BCUT2D eigenvalue weighted by Crippen LogP contribution is 2.25. The van der Waals surface area contributed by atoms with Gasteiger partial charge in [0.1, 0.15) is 18.5 Å². The van der Waals surface area contributed by atoms with E-state index >= 15 is 0 Å². The van der Waals surface area contributed by atoms with E-state index in [4.69, 9.17) is 4.74 Å². The number of nitrogens with zero attached hydrogens (tertiary/aromatic N) is 2. The third-order valence-corrected chi connectivity index (χ3v) is 4.08. The number of amides is 2. The molecule has 0 saturated carbocycles. The van der Waals surface area contributed by atoms with E-state index in [0.717, 1.165) is 9.80 Å². The van der Waals surface area contributed by atoms with Gasteiger partial charge in [0, 0.05) is 19.0 Å². The number of hydrogen-bond donors (Lipinski definition) is 0. The van der Waals surface area contributed by atoms with Crippen molar-refractivity contribution in [3.63, 3.8) is 0 Å². The second-order valence-electron chi connectivity index (χ2n) is 5.91. The van der Waals surface area contributed by atoms with Crippen molar-refractivity contribution in [2.75, 3.05) is 18.7 Å². The number of carbonyl (C=O) groups excluding carboxylic acids is 4. The van der Waals surface area contributed by atoms with Gasteiger partial charge in [0.15, 0.2) is 0 Å². The van der Waals surface area contributed by atoms with Gasteiger partial charge in [-0.3, -0.25) is 14.5 Å². The van der Waals surface area contributed by atoms with Crippen molar-refractivity contribution in [2.45, 2.75) is 32.0 Å². The molecule has 1 heterocycles. The van der Waals surface area contributed by atoms with Crippen LogP contribution in [0.5, 0.6) is 5.75 Å². The Labute approximate surface area is 157 Å². The molecule has 0 radical (unpaired) electrons. The summed E-state index contributed by atoms with van der Waals surface area (Å²) < 4.78 is 45.8. The Hall–Kier alpha value is -3.11. The molecule has 1 aliphatic heterocycles. The number of halogens is 3. The van der Waals surface area contributed by atoms with Gasteiger partial charge in [-0.25, -0.2) is 9.59 Å². The van der Waals surface area contributed by atoms with E-state index in [1.165, 1.54) is 14.0 Å². The van der Waals surface area contributed by atoms with E-state index < -0.39 is 36.0 Å². The molecule has 1 aromatic rings. The first-order valence-corrected chi connectivity index (χ1v) is 8.09. The maximum Gasteiger partial charge on any atom is 0.491 e. The zero-order valence-corrected chi connectivity index (χ0v) is 15.0. The number of methoxy groups -OCH3 is 1. The van der Waals surface area contributed by atoms with Crippen molar-refractivity contribution in [2.24, 2.45) is 0 Å². The molecule has 2 amide bonds. The summed E-state index contributed by atoms with van der Waals surface area (Å²) in [5.74, 6) is -4.65. The molecule has 0 aliphatic carbocycles. The molecule has 0 bridgehead atoms. The topological polar surface area (TPSA) is 93.2 Å². The summed E-state index contributed by atoms with van der Waals surface area (Å²) in [6, 6.07) is 4.83. The number of hydrogen-bond acceptors (Lipinski definition) is 6. The molecule has 11 heteroatoms. The zero-order chi connectivity index (χ0) is 21.1. The van der Waals surface area contributed by atoms with Gasteiger partial charge in [0.05, 0.1) is 7.11 Å². The maximum absolute atomic E-state index is 12.3. The molecule has 1 fully saturated rings. The summed E-state index contributed by atoms with van der Waals surface area (Å²) in [5.41, 5.74) is 0.381. The highest BCUT2D eigenvalue weighted by Gasteiger charge is 2.46. The first-order chi connectivity index (χ1) is 13.0. The van der Waals surface area contributed by atoms with Gasteiger partial charge < -0.3 is 14.4 Å². The van der Waals surface area contributed by atoms with Gasteiger partial charge in [-0.1, -0.05) is 0 Å². The number of esters is 2. The average molecular weight is 402 g/mol. The van der Waals surface area contributed by atoms with Crippen LogP contribution in [0.1, 0.15) is 19.8 Å². The van der Waals surface area contributed by atoms with Crippen LogP contribution in [0.15, 0.2) is 24.3 Å². The van der Waals surface area contributed by atoms with Gasteiger partial charge in [0.2, 0.25) is 11.8 Å². The Kier molecular flexibility index (Phi) is 6.26. The smallest absolute Gasteiger partial charge is 0.491 e. The second-order valence-corrected chi connectivity index (χ2v) is 5.91. The minimum Gasteiger partial charge on any atom is -0.497 e. The Bertz CT molecular complexity index is 778.